The molecule has 0 aliphatic carbocycles. The summed E-state index contributed by atoms with van der Waals surface area (Å²) in [4.78, 5) is 8.45. The summed E-state index contributed by atoms with van der Waals surface area (Å²) in [6.45, 7) is 2.24. The molecule has 0 saturated heterocycles. The van der Waals surface area contributed by atoms with E-state index in [1.165, 1.54) is 18.3 Å². The average Bonchev–Trinajstić information content (AvgIpc) is 3.12. The molecule has 0 fully saturated rings. The van der Waals surface area contributed by atoms with Gasteiger partial charge in [-0.15, -0.1) is 13.2 Å². The second-order valence-electron chi connectivity index (χ2n) is 7.71. The number of halogens is 4. The zero-order chi connectivity index (χ0) is 23.8. The van der Waals surface area contributed by atoms with E-state index in [2.05, 4.69) is 31.4 Å². The Bertz CT molecular complexity index is 1260. The van der Waals surface area contributed by atoms with Crippen molar-refractivity contribution in [2.75, 3.05) is 23.8 Å². The largest absolute Gasteiger partial charge is 0.573 e. The van der Waals surface area contributed by atoms with Crippen molar-refractivity contribution in [3.05, 3.63) is 58.7 Å². The van der Waals surface area contributed by atoms with Crippen molar-refractivity contribution >= 4 is 28.9 Å². The lowest BCUT2D eigenvalue weighted by atomic mass is 9.83. The standard InChI is InChI=1S/C22H17ClF3N5O2/c1-21(11-32)10-29-19-13(9-27)6-12(7-15(19)21)16-4-5-28-20(30-16)31-17-8-14(23)2-3-18(17)33-22(24,25)26/h2-8,29,32H,10-11H2,1H3,(H,28,30,31). The highest BCUT2D eigenvalue weighted by Crippen LogP contribution is 2.41. The number of rotatable bonds is 5. The van der Waals surface area contributed by atoms with Crippen molar-refractivity contribution in [3.63, 3.8) is 0 Å². The molecule has 1 atom stereocenters. The molecule has 1 aliphatic heterocycles. The predicted octanol–water partition coefficient (Wildman–Crippen LogP) is 4.99. The Labute approximate surface area is 191 Å². The van der Waals surface area contributed by atoms with Crippen LogP contribution in [0.25, 0.3) is 11.3 Å². The van der Waals surface area contributed by atoms with E-state index in [-0.39, 0.29) is 23.3 Å². The summed E-state index contributed by atoms with van der Waals surface area (Å²) in [5.41, 5.74) is 2.22. The second kappa shape index (κ2) is 8.42. The molecule has 1 unspecified atom stereocenters. The third-order valence-electron chi connectivity index (χ3n) is 5.28. The number of ether oxygens (including phenoxy) is 1. The summed E-state index contributed by atoms with van der Waals surface area (Å²) in [7, 11) is 0. The highest BCUT2D eigenvalue weighted by molar-refractivity contribution is 6.31. The summed E-state index contributed by atoms with van der Waals surface area (Å²) in [6.07, 6.45) is -3.46. The minimum absolute atomic E-state index is 0.00356. The van der Waals surface area contributed by atoms with Gasteiger partial charge < -0.3 is 20.5 Å². The van der Waals surface area contributed by atoms with Crippen molar-refractivity contribution in [1.82, 2.24) is 9.97 Å². The molecule has 7 nitrogen and oxygen atoms in total. The third kappa shape index (κ3) is 4.65. The van der Waals surface area contributed by atoms with Crippen LogP contribution in [0.4, 0.5) is 30.5 Å². The molecule has 0 spiro atoms. The highest BCUT2D eigenvalue weighted by atomic mass is 35.5. The lowest BCUT2D eigenvalue weighted by Gasteiger charge is -2.21. The normalized spacial score (nSPS) is 17.1. The Kier molecular flexibility index (Phi) is 5.78. The van der Waals surface area contributed by atoms with Gasteiger partial charge >= 0.3 is 6.36 Å². The van der Waals surface area contributed by atoms with E-state index >= 15 is 0 Å². The van der Waals surface area contributed by atoms with Crippen LogP contribution < -0.4 is 15.4 Å². The van der Waals surface area contributed by atoms with Gasteiger partial charge in [-0.2, -0.15) is 5.26 Å². The van der Waals surface area contributed by atoms with Gasteiger partial charge in [0, 0.05) is 28.7 Å². The maximum Gasteiger partial charge on any atom is 0.573 e. The van der Waals surface area contributed by atoms with Crippen LogP contribution >= 0.6 is 11.6 Å². The van der Waals surface area contributed by atoms with Crippen LogP contribution in [0, 0.1) is 11.3 Å². The molecule has 2 heterocycles. The molecule has 3 N–H and O–H groups in total. The van der Waals surface area contributed by atoms with Gasteiger partial charge in [0.05, 0.1) is 29.2 Å². The second-order valence-corrected chi connectivity index (χ2v) is 8.15. The van der Waals surface area contributed by atoms with Crippen LogP contribution in [0.1, 0.15) is 18.1 Å². The summed E-state index contributed by atoms with van der Waals surface area (Å²) >= 11 is 5.93. The van der Waals surface area contributed by atoms with Crippen LogP contribution in [0.2, 0.25) is 5.02 Å². The number of nitrogens with one attached hydrogen (secondary N) is 2. The number of aromatic nitrogens is 2. The van der Waals surface area contributed by atoms with Crippen molar-refractivity contribution < 1.29 is 23.0 Å². The first kappa shape index (κ1) is 22.6. The molecule has 0 bridgehead atoms. The van der Waals surface area contributed by atoms with Crippen LogP contribution in [0.3, 0.4) is 0 Å². The van der Waals surface area contributed by atoms with Crippen molar-refractivity contribution in [2.24, 2.45) is 0 Å². The quantitative estimate of drug-likeness (QED) is 0.478. The molecule has 0 radical (unpaired) electrons. The third-order valence-corrected chi connectivity index (χ3v) is 5.51. The van der Waals surface area contributed by atoms with E-state index in [9.17, 15) is 23.5 Å². The van der Waals surface area contributed by atoms with Crippen LogP contribution in [0.5, 0.6) is 5.75 Å². The van der Waals surface area contributed by atoms with Crippen molar-refractivity contribution in [2.45, 2.75) is 18.7 Å². The predicted molar refractivity (Wildman–Crippen MR) is 117 cm³/mol. The van der Waals surface area contributed by atoms with Gasteiger partial charge in [-0.1, -0.05) is 18.5 Å². The molecule has 1 aromatic heterocycles. The van der Waals surface area contributed by atoms with Crippen LogP contribution in [-0.4, -0.2) is 34.6 Å². The number of aliphatic hydroxyl groups excluding tert-OH is 1. The number of hydrogen-bond acceptors (Lipinski definition) is 7. The number of fused-ring (bicyclic) bond motifs is 1. The number of nitriles is 1. The lowest BCUT2D eigenvalue weighted by molar-refractivity contribution is -0.274. The Morgan fingerprint density at radius 3 is 2.79 bits per heavy atom. The highest BCUT2D eigenvalue weighted by Gasteiger charge is 2.36. The van der Waals surface area contributed by atoms with Gasteiger partial charge in [-0.25, -0.2) is 9.97 Å². The zero-order valence-corrected chi connectivity index (χ0v) is 17.9. The molecular formula is C22H17ClF3N5O2. The summed E-state index contributed by atoms with van der Waals surface area (Å²) in [5.74, 6) is -0.487. The topological polar surface area (TPSA) is 103 Å². The van der Waals surface area contributed by atoms with E-state index < -0.39 is 17.5 Å². The van der Waals surface area contributed by atoms with Gasteiger partial charge in [0.15, 0.2) is 5.75 Å². The fourth-order valence-corrected chi connectivity index (χ4v) is 3.75. The van der Waals surface area contributed by atoms with E-state index in [0.717, 1.165) is 11.6 Å². The Morgan fingerprint density at radius 1 is 1.30 bits per heavy atom. The van der Waals surface area contributed by atoms with Crippen molar-refractivity contribution in [1.29, 1.82) is 5.26 Å². The first-order valence-corrected chi connectivity index (χ1v) is 10.1. The lowest BCUT2D eigenvalue weighted by Crippen LogP contribution is -2.28. The summed E-state index contributed by atoms with van der Waals surface area (Å²) < 4.78 is 42.3. The van der Waals surface area contributed by atoms with Crippen LogP contribution in [-0.2, 0) is 5.41 Å². The molecular weight excluding hydrogens is 459 g/mol. The Hall–Kier alpha value is -3.55. The number of anilines is 3. The number of hydrogen-bond donors (Lipinski definition) is 3. The zero-order valence-electron chi connectivity index (χ0n) is 17.2. The molecule has 2 aromatic carbocycles. The van der Waals surface area contributed by atoms with Crippen molar-refractivity contribution in [3.8, 4) is 23.1 Å². The van der Waals surface area contributed by atoms with Gasteiger partial charge in [-0.3, -0.25) is 0 Å². The molecule has 11 heteroatoms. The smallest absolute Gasteiger partial charge is 0.404 e. The van der Waals surface area contributed by atoms with E-state index in [4.69, 9.17) is 11.6 Å². The number of alkyl halides is 3. The van der Waals surface area contributed by atoms with Gasteiger partial charge in [0.2, 0.25) is 5.95 Å². The first-order chi connectivity index (χ1) is 15.6. The number of nitrogens with zero attached hydrogens (tertiary/aromatic N) is 3. The fraction of sp³-hybridized carbons (Fsp3) is 0.227. The van der Waals surface area contributed by atoms with Gasteiger partial charge in [0.25, 0.3) is 0 Å². The Morgan fingerprint density at radius 2 is 2.09 bits per heavy atom. The minimum Gasteiger partial charge on any atom is -0.404 e. The number of benzene rings is 2. The number of aliphatic hydroxyl groups is 1. The molecule has 3 aromatic rings. The van der Waals surface area contributed by atoms with Crippen LogP contribution in [0.15, 0.2) is 42.6 Å². The molecule has 0 saturated carbocycles. The van der Waals surface area contributed by atoms with Gasteiger partial charge in [-0.05, 0) is 42.0 Å². The molecule has 1 aliphatic rings. The fourth-order valence-electron chi connectivity index (χ4n) is 3.58. The maximum atomic E-state index is 12.8. The summed E-state index contributed by atoms with van der Waals surface area (Å²) in [6, 6.07) is 10.9. The Balaban J connectivity index is 1.72. The molecule has 4 rings (SSSR count). The maximum absolute atomic E-state index is 12.8. The van der Waals surface area contributed by atoms with E-state index in [1.54, 1.807) is 12.1 Å². The first-order valence-electron chi connectivity index (χ1n) is 9.71. The molecule has 0 amide bonds. The molecule has 170 valence electrons. The average molecular weight is 476 g/mol. The SMILES string of the molecule is CC1(CO)CNc2c(C#N)cc(-c3ccnc(Nc4cc(Cl)ccc4OC(F)(F)F)n3)cc21. The summed E-state index contributed by atoms with van der Waals surface area (Å²) in [5, 5.41) is 25.5. The van der Waals surface area contributed by atoms with E-state index in [1.807, 2.05) is 13.0 Å². The minimum atomic E-state index is -4.89. The van der Waals surface area contributed by atoms with E-state index in [0.29, 0.717) is 29.1 Å². The molecule has 33 heavy (non-hydrogen) atoms. The van der Waals surface area contributed by atoms with Gasteiger partial charge in [0.1, 0.15) is 6.07 Å². The monoisotopic (exact) mass is 475 g/mol.